The first kappa shape index (κ1) is 38.3. The molecule has 3 fully saturated rings. The second kappa shape index (κ2) is 14.9. The summed E-state index contributed by atoms with van der Waals surface area (Å²) < 4.78 is 33.1. The molecule has 2 saturated carbocycles. The number of carbonyl (C=O) groups excluding carboxylic acids is 4. The van der Waals surface area contributed by atoms with Crippen LogP contribution >= 0.6 is 0 Å². The highest BCUT2D eigenvalue weighted by molar-refractivity contribution is 7.91. The highest BCUT2D eigenvalue weighted by Gasteiger charge is 2.62. The summed E-state index contributed by atoms with van der Waals surface area (Å²) in [5.74, 6) is -2.55. The van der Waals surface area contributed by atoms with Gasteiger partial charge in [-0.05, 0) is 73.1 Å². The third-order valence-electron chi connectivity index (χ3n) is 11.1. The number of nitrogens with one attached hydrogen (secondary N) is 3. The van der Waals surface area contributed by atoms with E-state index in [0.717, 1.165) is 47.1 Å². The van der Waals surface area contributed by atoms with E-state index >= 15 is 0 Å². The quantitative estimate of drug-likeness (QED) is 0.300. The minimum absolute atomic E-state index is 0.0176. The molecule has 3 N–H and O–H groups in total. The van der Waals surface area contributed by atoms with E-state index < -0.39 is 74.1 Å². The van der Waals surface area contributed by atoms with Crippen LogP contribution in [0.4, 0.5) is 4.79 Å². The Morgan fingerprint density at radius 3 is 2.49 bits per heavy atom. The van der Waals surface area contributed by atoms with Gasteiger partial charge in [0.2, 0.25) is 21.8 Å². The summed E-state index contributed by atoms with van der Waals surface area (Å²) >= 11 is 0. The second-order valence-corrected chi connectivity index (χ2v) is 18.2. The molecule has 292 valence electrons. The number of alkyl carbamates (subject to hydrolysis) is 1. The molecule has 14 heteroatoms. The summed E-state index contributed by atoms with van der Waals surface area (Å²) in [6.07, 6.45) is 8.59. The van der Waals surface area contributed by atoms with Crippen molar-refractivity contribution in [3.63, 3.8) is 0 Å². The molecule has 0 radical (unpaired) electrons. The zero-order valence-electron chi connectivity index (χ0n) is 31.5. The van der Waals surface area contributed by atoms with Crippen LogP contribution in [0.25, 0.3) is 17.2 Å². The zero-order chi connectivity index (χ0) is 39.1. The van der Waals surface area contributed by atoms with Crippen LogP contribution in [0.3, 0.4) is 0 Å². The van der Waals surface area contributed by atoms with E-state index in [2.05, 4.69) is 57.4 Å². The molecule has 2 aliphatic heterocycles. The normalized spacial score (nSPS) is 27.0. The molecule has 7 rings (SSSR count). The van der Waals surface area contributed by atoms with E-state index in [0.29, 0.717) is 25.0 Å². The number of carbonyl (C=O) groups is 4. The van der Waals surface area contributed by atoms with Gasteiger partial charge in [-0.3, -0.25) is 19.1 Å². The number of cyclic esters (lactones) is 1. The van der Waals surface area contributed by atoms with E-state index in [-0.39, 0.29) is 26.0 Å². The number of fused-ring (bicyclic) bond motifs is 6. The lowest BCUT2D eigenvalue weighted by molar-refractivity contribution is -0.143. The third-order valence-corrected chi connectivity index (χ3v) is 12.9. The van der Waals surface area contributed by atoms with Gasteiger partial charge in [-0.15, -0.1) is 6.58 Å². The first-order valence-electron chi connectivity index (χ1n) is 19.1. The highest BCUT2D eigenvalue weighted by Crippen LogP contribution is 2.46. The van der Waals surface area contributed by atoms with Crippen molar-refractivity contribution in [2.45, 2.75) is 101 Å². The average molecular weight is 772 g/mol. The maximum Gasteiger partial charge on any atom is 0.407 e. The van der Waals surface area contributed by atoms with E-state index in [1.165, 1.54) is 11.0 Å². The third kappa shape index (κ3) is 7.91. The van der Waals surface area contributed by atoms with Gasteiger partial charge in [-0.1, -0.05) is 80.6 Å². The van der Waals surface area contributed by atoms with Crippen LogP contribution in [0.1, 0.15) is 88.8 Å². The predicted octanol–water partition coefficient (Wildman–Crippen LogP) is 4.80. The smallest absolute Gasteiger partial charge is 0.407 e. The molecule has 2 heterocycles. The Labute approximate surface area is 322 Å². The number of sulfonamides is 1. The largest absolute Gasteiger partial charge is 0.450 e. The van der Waals surface area contributed by atoms with Gasteiger partial charge in [0, 0.05) is 23.5 Å². The summed E-state index contributed by atoms with van der Waals surface area (Å²) in [6.45, 7) is 9.33. The topological polar surface area (TPSA) is 173 Å². The Morgan fingerprint density at radius 1 is 1.04 bits per heavy atom. The lowest BCUT2D eigenvalue weighted by Gasteiger charge is -2.35. The Morgan fingerprint density at radius 2 is 1.78 bits per heavy atom. The number of hydrogen-bond donors (Lipinski definition) is 3. The van der Waals surface area contributed by atoms with Gasteiger partial charge >= 0.3 is 6.09 Å². The monoisotopic (exact) mass is 771 g/mol. The Hall–Kier alpha value is -4.98. The molecule has 3 aliphatic carbocycles. The lowest BCUT2D eigenvalue weighted by Crippen LogP contribution is -2.60. The van der Waals surface area contributed by atoms with Gasteiger partial charge in [-0.2, -0.15) is 0 Å². The van der Waals surface area contributed by atoms with Crippen LogP contribution in [-0.4, -0.2) is 85.0 Å². The number of amides is 4. The van der Waals surface area contributed by atoms with Crippen LogP contribution in [0.2, 0.25) is 0 Å². The molecule has 2 aromatic rings. The molecule has 0 unspecified atom stereocenters. The molecule has 0 spiro atoms. The molecule has 5 atom stereocenters. The molecule has 2 aromatic carbocycles. The van der Waals surface area contributed by atoms with Crippen molar-refractivity contribution in [3.05, 3.63) is 77.9 Å². The fourth-order valence-corrected chi connectivity index (χ4v) is 9.04. The van der Waals surface area contributed by atoms with Crippen molar-refractivity contribution in [1.29, 1.82) is 0 Å². The van der Waals surface area contributed by atoms with Crippen LogP contribution in [0, 0.1) is 11.3 Å². The van der Waals surface area contributed by atoms with Crippen molar-refractivity contribution in [1.82, 2.24) is 20.3 Å². The summed E-state index contributed by atoms with van der Waals surface area (Å²) in [7, 11) is -3.90. The maximum atomic E-state index is 14.5. The fraction of sp³-hybridized carbons (Fsp3) is 0.488. The van der Waals surface area contributed by atoms with E-state index in [1.54, 1.807) is 20.8 Å². The van der Waals surface area contributed by atoms with Gasteiger partial charge in [0.05, 0.1) is 18.4 Å². The van der Waals surface area contributed by atoms with Crippen molar-refractivity contribution < 1.29 is 37.2 Å². The van der Waals surface area contributed by atoms with Gasteiger partial charge in [0.15, 0.2) is 0 Å². The maximum absolute atomic E-state index is 14.5. The van der Waals surface area contributed by atoms with Gasteiger partial charge in [0.1, 0.15) is 29.4 Å². The van der Waals surface area contributed by atoms with Gasteiger partial charge < -0.3 is 25.1 Å². The molecular formula is C41H49N5O8S. The molecular weight excluding hydrogens is 723 g/mol. The van der Waals surface area contributed by atoms with Crippen LogP contribution < -0.4 is 15.4 Å². The van der Waals surface area contributed by atoms with E-state index in [4.69, 9.17) is 9.57 Å². The Balaban J connectivity index is 1.22. The number of hydrogen-bond acceptors (Lipinski definition) is 9. The predicted molar refractivity (Wildman–Crippen MR) is 207 cm³/mol. The Kier molecular flexibility index (Phi) is 10.4. The first-order chi connectivity index (χ1) is 26.2. The molecule has 4 amide bonds. The minimum atomic E-state index is -3.90. The average Bonchev–Trinajstić information content (AvgIpc) is 4.06. The fourth-order valence-electron chi connectivity index (χ4n) is 7.68. The molecule has 0 aromatic heterocycles. The number of rotatable bonds is 6. The standard InChI is InChI=1S/C41H49N5O8S/c1-5-26-23-41(26,38(49)45-55(51,52)28-17-18-28)43-36(47)33-22-27-24-46(33)37(48)35(40(2,3)4)42-39(50)53-20-12-8-6-7-9-13-25-16-19-30-29-14-10-11-15-31(29)34(44-54-27)32(30)21-25/h5,9-11,13-16,19,21,26-28,33,35H,1,6-8,12,17-18,20,22-24H2,2-4H3,(H,42,50)(H,43,47)(H,45,49)/t26-,27-,33+,35-,41-/m1/s1. The minimum Gasteiger partial charge on any atom is -0.450 e. The summed E-state index contributed by atoms with van der Waals surface area (Å²) in [4.78, 5) is 63.0. The molecule has 55 heavy (non-hydrogen) atoms. The van der Waals surface area contributed by atoms with Crippen molar-refractivity contribution >= 4 is 45.6 Å². The SMILES string of the molecule is C=C[C@@H]1C[C@]1(NC(=O)[C@@H]1C[C@@H]2CN1C(=O)[C@H](C(C)(C)C)NC(=O)OCCCCCC=Cc1ccc3c(c1)C(=NO2)c1ccccc1-3)C(=O)NS(=O)(=O)C1CC1. The number of nitrogens with zero attached hydrogens (tertiary/aromatic N) is 2. The summed E-state index contributed by atoms with van der Waals surface area (Å²) in [6, 6.07) is 11.9. The molecule has 1 saturated heterocycles. The van der Waals surface area contributed by atoms with Crippen molar-refractivity contribution in [3.8, 4) is 11.1 Å². The van der Waals surface area contributed by atoms with Crippen LogP contribution in [0.15, 0.2) is 66.4 Å². The zero-order valence-corrected chi connectivity index (χ0v) is 32.3. The lowest BCUT2D eigenvalue weighted by atomic mass is 9.85. The van der Waals surface area contributed by atoms with Crippen LogP contribution in [-0.2, 0) is 34.0 Å². The molecule has 13 nitrogen and oxygen atoms in total. The summed E-state index contributed by atoms with van der Waals surface area (Å²) in [5, 5.41) is 9.60. The van der Waals surface area contributed by atoms with Crippen molar-refractivity contribution in [2.75, 3.05) is 13.2 Å². The number of ether oxygens (including phenoxy) is 1. The van der Waals surface area contributed by atoms with Gasteiger partial charge in [0.25, 0.3) is 5.91 Å². The number of benzene rings is 2. The van der Waals surface area contributed by atoms with Crippen LogP contribution in [0.5, 0.6) is 0 Å². The summed E-state index contributed by atoms with van der Waals surface area (Å²) in [5.41, 5.74) is 3.13. The highest BCUT2D eigenvalue weighted by atomic mass is 32.2. The number of allylic oxidation sites excluding steroid dienone is 1. The Bertz CT molecular complexity index is 2070. The first-order valence-corrected chi connectivity index (χ1v) is 20.7. The second-order valence-electron chi connectivity index (χ2n) is 16.3. The van der Waals surface area contributed by atoms with Gasteiger partial charge in [-0.25, -0.2) is 13.2 Å². The van der Waals surface area contributed by atoms with E-state index in [1.807, 2.05) is 24.3 Å². The van der Waals surface area contributed by atoms with E-state index in [9.17, 15) is 27.6 Å². The molecule has 5 aliphatic rings. The number of oxime groups is 1. The molecule has 4 bridgehead atoms. The van der Waals surface area contributed by atoms with Crippen molar-refractivity contribution in [2.24, 2.45) is 16.5 Å².